The predicted molar refractivity (Wildman–Crippen MR) is 78.4 cm³/mol. The van der Waals surface area contributed by atoms with E-state index in [-0.39, 0.29) is 5.91 Å². The molecule has 0 aliphatic carbocycles. The Balaban J connectivity index is 1.63. The van der Waals surface area contributed by atoms with Crippen LogP contribution in [-0.4, -0.2) is 20.3 Å². The van der Waals surface area contributed by atoms with Crippen LogP contribution >= 0.6 is 0 Å². The van der Waals surface area contributed by atoms with Gasteiger partial charge in [0.25, 0.3) is 0 Å². The molecule has 3 aromatic rings. The van der Waals surface area contributed by atoms with E-state index in [9.17, 15) is 4.79 Å². The van der Waals surface area contributed by atoms with Gasteiger partial charge in [-0.1, -0.05) is 18.2 Å². The number of benzene rings is 1. The second-order valence-corrected chi connectivity index (χ2v) is 4.77. The van der Waals surface area contributed by atoms with Crippen molar-refractivity contribution < 1.29 is 4.79 Å². The van der Waals surface area contributed by atoms with Crippen molar-refractivity contribution in [1.29, 1.82) is 0 Å². The van der Waals surface area contributed by atoms with Crippen LogP contribution in [0.1, 0.15) is 6.42 Å². The molecule has 0 bridgehead atoms. The summed E-state index contributed by atoms with van der Waals surface area (Å²) in [6.07, 6.45) is 5.88. The van der Waals surface area contributed by atoms with Crippen LogP contribution in [0.4, 0.5) is 5.69 Å². The first-order chi connectivity index (χ1) is 9.72. The smallest absolute Gasteiger partial charge is 0.226 e. The van der Waals surface area contributed by atoms with Gasteiger partial charge >= 0.3 is 0 Å². The van der Waals surface area contributed by atoms with Gasteiger partial charge in [-0.15, -0.1) is 0 Å². The molecule has 0 aliphatic rings. The number of carbonyl (C=O) groups is 1. The number of aryl methyl sites for hydroxylation is 2. The summed E-state index contributed by atoms with van der Waals surface area (Å²) in [7, 11) is 1.82. The highest BCUT2D eigenvalue weighted by atomic mass is 16.1. The molecule has 2 heterocycles. The van der Waals surface area contributed by atoms with Crippen LogP contribution in [0.5, 0.6) is 0 Å². The molecule has 1 aromatic carbocycles. The number of aromatic nitrogens is 3. The van der Waals surface area contributed by atoms with Gasteiger partial charge < -0.3 is 9.88 Å². The summed E-state index contributed by atoms with van der Waals surface area (Å²) < 4.78 is 3.76. The fourth-order valence-corrected chi connectivity index (χ4v) is 2.27. The monoisotopic (exact) mass is 268 g/mol. The van der Waals surface area contributed by atoms with Gasteiger partial charge in [0.2, 0.25) is 5.91 Å². The van der Waals surface area contributed by atoms with Crippen LogP contribution in [0.3, 0.4) is 0 Å². The van der Waals surface area contributed by atoms with Gasteiger partial charge in [-0.25, -0.2) is 0 Å². The molecule has 0 unspecified atom stereocenters. The molecule has 102 valence electrons. The SMILES string of the molecule is Cn1cc(NC(=O)CCn2ccc3ccccc32)cn1. The van der Waals surface area contributed by atoms with E-state index in [0.717, 1.165) is 11.2 Å². The lowest BCUT2D eigenvalue weighted by molar-refractivity contribution is -0.116. The predicted octanol–water partition coefficient (Wildman–Crippen LogP) is 2.40. The first-order valence-corrected chi connectivity index (χ1v) is 6.55. The highest BCUT2D eigenvalue weighted by Gasteiger charge is 2.06. The van der Waals surface area contributed by atoms with Gasteiger partial charge in [0.05, 0.1) is 11.9 Å². The lowest BCUT2D eigenvalue weighted by Gasteiger charge is -2.05. The van der Waals surface area contributed by atoms with E-state index in [1.165, 1.54) is 5.39 Å². The Kier molecular flexibility index (Phi) is 3.25. The van der Waals surface area contributed by atoms with Gasteiger partial charge in [0.1, 0.15) is 0 Å². The molecule has 3 rings (SSSR count). The summed E-state index contributed by atoms with van der Waals surface area (Å²) in [5, 5.41) is 8.05. The van der Waals surface area contributed by atoms with Gasteiger partial charge in [0.15, 0.2) is 0 Å². The number of rotatable bonds is 4. The molecule has 20 heavy (non-hydrogen) atoms. The van der Waals surface area contributed by atoms with E-state index in [4.69, 9.17) is 0 Å². The van der Waals surface area contributed by atoms with Crippen molar-refractivity contribution in [2.45, 2.75) is 13.0 Å². The fourth-order valence-electron chi connectivity index (χ4n) is 2.27. The Morgan fingerprint density at radius 3 is 2.95 bits per heavy atom. The van der Waals surface area contributed by atoms with Crippen molar-refractivity contribution in [3.8, 4) is 0 Å². The third-order valence-electron chi connectivity index (χ3n) is 3.25. The molecular formula is C15H16N4O. The summed E-state index contributed by atoms with van der Waals surface area (Å²) in [6, 6.07) is 10.2. The first-order valence-electron chi connectivity index (χ1n) is 6.55. The summed E-state index contributed by atoms with van der Waals surface area (Å²) in [5.74, 6) is -0.00391. The Hall–Kier alpha value is -2.56. The van der Waals surface area contributed by atoms with E-state index >= 15 is 0 Å². The molecule has 5 heteroatoms. The highest BCUT2D eigenvalue weighted by molar-refractivity contribution is 5.90. The van der Waals surface area contributed by atoms with Gasteiger partial charge in [0, 0.05) is 37.9 Å². The normalized spacial score (nSPS) is 10.8. The number of hydrogen-bond acceptors (Lipinski definition) is 2. The minimum Gasteiger partial charge on any atom is -0.347 e. The number of carbonyl (C=O) groups excluding carboxylic acids is 1. The van der Waals surface area contributed by atoms with E-state index in [1.807, 2.05) is 25.4 Å². The van der Waals surface area contributed by atoms with Gasteiger partial charge in [-0.3, -0.25) is 9.48 Å². The zero-order valence-corrected chi connectivity index (χ0v) is 11.3. The van der Waals surface area contributed by atoms with Crippen molar-refractivity contribution >= 4 is 22.5 Å². The third-order valence-corrected chi connectivity index (χ3v) is 3.25. The number of fused-ring (bicyclic) bond motifs is 1. The maximum absolute atomic E-state index is 11.9. The average Bonchev–Trinajstić information content (AvgIpc) is 3.03. The maximum Gasteiger partial charge on any atom is 0.226 e. The highest BCUT2D eigenvalue weighted by Crippen LogP contribution is 2.15. The topological polar surface area (TPSA) is 51.9 Å². The molecule has 0 atom stereocenters. The van der Waals surface area contributed by atoms with Crippen LogP contribution in [-0.2, 0) is 18.4 Å². The Labute approximate surface area is 116 Å². The van der Waals surface area contributed by atoms with Crippen LogP contribution < -0.4 is 5.32 Å². The van der Waals surface area contributed by atoms with Gasteiger partial charge in [-0.05, 0) is 17.5 Å². The van der Waals surface area contributed by atoms with Crippen molar-refractivity contribution in [2.75, 3.05) is 5.32 Å². The minimum atomic E-state index is -0.00391. The number of hydrogen-bond donors (Lipinski definition) is 1. The maximum atomic E-state index is 11.9. The number of anilines is 1. The van der Waals surface area contributed by atoms with Crippen molar-refractivity contribution in [3.63, 3.8) is 0 Å². The van der Waals surface area contributed by atoms with Crippen molar-refractivity contribution in [1.82, 2.24) is 14.3 Å². The van der Waals surface area contributed by atoms with E-state index < -0.39 is 0 Å². The van der Waals surface area contributed by atoms with Crippen LogP contribution in [0, 0.1) is 0 Å². The lowest BCUT2D eigenvalue weighted by Crippen LogP contribution is -2.13. The molecule has 5 nitrogen and oxygen atoms in total. The average molecular weight is 268 g/mol. The van der Waals surface area contributed by atoms with E-state index in [2.05, 4.69) is 33.2 Å². The van der Waals surface area contributed by atoms with Crippen molar-refractivity contribution in [3.05, 3.63) is 48.9 Å². The summed E-state index contributed by atoms with van der Waals surface area (Å²) in [4.78, 5) is 11.9. The Bertz CT molecular complexity index is 741. The molecule has 0 saturated heterocycles. The van der Waals surface area contributed by atoms with E-state index in [1.54, 1.807) is 17.1 Å². The number of nitrogens with one attached hydrogen (secondary N) is 1. The number of amides is 1. The number of para-hydroxylation sites is 1. The standard InChI is InChI=1S/C15H16N4O/c1-18-11-13(10-16-18)17-15(20)7-9-19-8-6-12-4-2-3-5-14(12)19/h2-6,8,10-11H,7,9H2,1H3,(H,17,20). The quantitative estimate of drug-likeness (QED) is 0.790. The second kappa shape index (κ2) is 5.21. The van der Waals surface area contributed by atoms with Crippen LogP contribution in [0.15, 0.2) is 48.9 Å². The molecule has 1 amide bonds. The van der Waals surface area contributed by atoms with Crippen LogP contribution in [0.25, 0.3) is 10.9 Å². The first kappa shape index (κ1) is 12.5. The van der Waals surface area contributed by atoms with E-state index in [0.29, 0.717) is 13.0 Å². The fraction of sp³-hybridized carbons (Fsp3) is 0.200. The molecule has 0 radical (unpaired) electrons. The Morgan fingerprint density at radius 1 is 1.30 bits per heavy atom. The summed E-state index contributed by atoms with van der Waals surface area (Å²) in [5.41, 5.74) is 1.89. The van der Waals surface area contributed by atoms with Crippen molar-refractivity contribution in [2.24, 2.45) is 7.05 Å². The number of nitrogens with zero attached hydrogens (tertiary/aromatic N) is 3. The molecular weight excluding hydrogens is 252 g/mol. The lowest BCUT2D eigenvalue weighted by atomic mass is 10.2. The minimum absolute atomic E-state index is 0.00391. The molecule has 0 fully saturated rings. The third kappa shape index (κ3) is 2.56. The zero-order chi connectivity index (χ0) is 13.9. The largest absolute Gasteiger partial charge is 0.347 e. The molecule has 0 saturated carbocycles. The Morgan fingerprint density at radius 2 is 2.15 bits per heavy atom. The van der Waals surface area contributed by atoms with Gasteiger partial charge in [-0.2, -0.15) is 5.10 Å². The molecule has 0 aliphatic heterocycles. The summed E-state index contributed by atoms with van der Waals surface area (Å²) >= 11 is 0. The molecule has 0 spiro atoms. The van der Waals surface area contributed by atoms with Crippen LogP contribution in [0.2, 0.25) is 0 Å². The zero-order valence-electron chi connectivity index (χ0n) is 11.3. The second-order valence-electron chi connectivity index (χ2n) is 4.77. The molecule has 2 aromatic heterocycles. The summed E-state index contributed by atoms with van der Waals surface area (Å²) in [6.45, 7) is 0.666. The molecule has 1 N–H and O–H groups in total.